The van der Waals surface area contributed by atoms with Crippen molar-refractivity contribution in [3.63, 3.8) is 0 Å². The van der Waals surface area contributed by atoms with Gasteiger partial charge in [-0.15, -0.1) is 0 Å². The van der Waals surface area contributed by atoms with Gasteiger partial charge in [0, 0.05) is 8.80 Å². The van der Waals surface area contributed by atoms with Crippen molar-refractivity contribution in [1.82, 2.24) is 0 Å². The molecule has 0 saturated carbocycles. The molecular weight excluding hydrogens is 152 g/mol. The zero-order valence-electron chi connectivity index (χ0n) is 5.36. The highest BCUT2D eigenvalue weighted by Crippen LogP contribution is 2.20. The van der Waals surface area contributed by atoms with Crippen LogP contribution in [0, 0.1) is 0 Å². The number of rotatable bonds is 0. The Bertz CT molecular complexity index is 68.8. The van der Waals surface area contributed by atoms with Gasteiger partial charge in [-0.3, -0.25) is 0 Å². The van der Waals surface area contributed by atoms with Crippen LogP contribution in [-0.2, 0) is 0 Å². The van der Waals surface area contributed by atoms with Crippen molar-refractivity contribution in [2.24, 2.45) is 0 Å². The molecule has 0 N–H and O–H groups in total. The zero-order chi connectivity index (χ0) is 5.98. The molecular formula is C5H13ClSi2. The molecule has 2 atom stereocenters. The Hall–Kier alpha value is 0.724. The molecule has 1 aliphatic heterocycles. The molecule has 1 fully saturated rings. The Balaban J connectivity index is 2.23. The van der Waals surface area contributed by atoms with Crippen LogP contribution in [0.15, 0.2) is 0 Å². The summed E-state index contributed by atoms with van der Waals surface area (Å²) in [7, 11) is -0.841. The van der Waals surface area contributed by atoms with E-state index in [0.29, 0.717) is 0 Å². The first-order valence-electron chi connectivity index (χ1n) is 3.43. The summed E-state index contributed by atoms with van der Waals surface area (Å²) in [4.78, 5) is 0. The number of hydrogen-bond acceptors (Lipinski definition) is 0. The minimum absolute atomic E-state index is 0.223. The second kappa shape index (κ2) is 3.04. The third-order valence-electron chi connectivity index (χ3n) is 1.87. The van der Waals surface area contributed by atoms with E-state index in [9.17, 15) is 0 Å². The van der Waals surface area contributed by atoms with E-state index in [2.05, 4.69) is 6.55 Å². The van der Waals surface area contributed by atoms with Crippen molar-refractivity contribution in [3.05, 3.63) is 0 Å². The third kappa shape index (κ3) is 1.92. The molecule has 2 unspecified atom stereocenters. The van der Waals surface area contributed by atoms with Crippen molar-refractivity contribution in [2.45, 2.75) is 30.7 Å². The summed E-state index contributed by atoms with van der Waals surface area (Å²) in [5.41, 5.74) is 1.52. The van der Waals surface area contributed by atoms with Crippen LogP contribution in [0.3, 0.4) is 0 Å². The molecule has 0 nitrogen and oxygen atoms in total. The molecule has 0 aromatic heterocycles. The van der Waals surface area contributed by atoms with Crippen molar-refractivity contribution in [1.29, 1.82) is 0 Å². The van der Waals surface area contributed by atoms with Gasteiger partial charge in [-0.2, -0.15) is 11.1 Å². The second-order valence-electron chi connectivity index (χ2n) is 2.87. The minimum atomic E-state index is -0.618. The fraction of sp³-hybridized carbons (Fsp3) is 1.00. The normalized spacial score (nSPS) is 39.8. The average molecular weight is 165 g/mol. The van der Waals surface area contributed by atoms with Gasteiger partial charge in [0.1, 0.15) is 8.11 Å². The molecule has 3 heteroatoms. The van der Waals surface area contributed by atoms with Crippen LogP contribution in [0.5, 0.6) is 0 Å². The maximum atomic E-state index is 6.09. The van der Waals surface area contributed by atoms with Gasteiger partial charge in [0.05, 0.1) is 0 Å². The largest absolute Gasteiger partial charge is 0.172 e. The van der Waals surface area contributed by atoms with E-state index in [-0.39, 0.29) is 8.80 Å². The van der Waals surface area contributed by atoms with Crippen LogP contribution < -0.4 is 0 Å². The van der Waals surface area contributed by atoms with Gasteiger partial charge in [0.25, 0.3) is 0 Å². The van der Waals surface area contributed by atoms with E-state index >= 15 is 0 Å². The summed E-state index contributed by atoms with van der Waals surface area (Å²) in [6.07, 6.45) is 1.47. The van der Waals surface area contributed by atoms with Gasteiger partial charge < -0.3 is 0 Å². The van der Waals surface area contributed by atoms with E-state index < -0.39 is 8.11 Å². The minimum Gasteiger partial charge on any atom is -0.172 e. The topological polar surface area (TPSA) is 0 Å². The predicted octanol–water partition coefficient (Wildman–Crippen LogP) is 1.75. The highest BCUT2D eigenvalue weighted by Gasteiger charge is 2.18. The summed E-state index contributed by atoms with van der Waals surface area (Å²) < 4.78 is 0. The Kier molecular flexibility index (Phi) is 2.60. The number of halogens is 1. The maximum Gasteiger partial charge on any atom is 0.138 e. The van der Waals surface area contributed by atoms with Crippen LogP contribution in [0.2, 0.25) is 24.3 Å². The van der Waals surface area contributed by atoms with Crippen molar-refractivity contribution < 1.29 is 0 Å². The monoisotopic (exact) mass is 164 g/mol. The van der Waals surface area contributed by atoms with E-state index in [0.717, 1.165) is 0 Å². The van der Waals surface area contributed by atoms with Gasteiger partial charge in [0.15, 0.2) is 0 Å². The summed E-state index contributed by atoms with van der Waals surface area (Å²) >= 11 is 6.09. The third-order valence-corrected chi connectivity index (χ3v) is 11.8. The van der Waals surface area contributed by atoms with Gasteiger partial charge in [-0.1, -0.05) is 24.7 Å². The van der Waals surface area contributed by atoms with Crippen molar-refractivity contribution in [2.75, 3.05) is 0 Å². The molecule has 0 aromatic carbocycles. The second-order valence-corrected chi connectivity index (χ2v) is 11.2. The average Bonchev–Trinajstić information content (AvgIpc) is 1.64. The lowest BCUT2D eigenvalue weighted by molar-refractivity contribution is 1.02. The fourth-order valence-electron chi connectivity index (χ4n) is 1.36. The summed E-state index contributed by atoms with van der Waals surface area (Å²) in [6, 6.07) is 2.98. The van der Waals surface area contributed by atoms with E-state index in [4.69, 9.17) is 11.1 Å². The van der Waals surface area contributed by atoms with E-state index in [1.807, 2.05) is 0 Å². The van der Waals surface area contributed by atoms with Crippen LogP contribution >= 0.6 is 11.1 Å². The lowest BCUT2D eigenvalue weighted by Gasteiger charge is -2.18. The van der Waals surface area contributed by atoms with E-state index in [1.54, 1.807) is 6.04 Å². The molecule has 1 heterocycles. The quantitative estimate of drug-likeness (QED) is 0.378. The highest BCUT2D eigenvalue weighted by molar-refractivity contribution is 7.11. The molecule has 1 aliphatic rings. The Morgan fingerprint density at radius 1 is 1.38 bits per heavy atom. The molecule has 0 spiro atoms. The molecule has 0 amide bonds. The van der Waals surface area contributed by atoms with Gasteiger partial charge in [0.2, 0.25) is 0 Å². The Morgan fingerprint density at radius 3 is 2.50 bits per heavy atom. The zero-order valence-corrected chi connectivity index (χ0v) is 8.43. The molecule has 1 rings (SSSR count). The first kappa shape index (κ1) is 6.84. The first-order chi connectivity index (χ1) is 3.79. The standard InChI is InChI=1S/C5H13ClSi2/c1-7-3-2-4-8(6)5-7/h7-8H,2-5H2,1H3. The van der Waals surface area contributed by atoms with Crippen LogP contribution in [0.1, 0.15) is 6.42 Å². The van der Waals surface area contributed by atoms with Crippen LogP contribution in [0.25, 0.3) is 0 Å². The van der Waals surface area contributed by atoms with Crippen molar-refractivity contribution >= 4 is 28.0 Å². The van der Waals surface area contributed by atoms with Crippen LogP contribution in [-0.4, -0.2) is 16.9 Å². The van der Waals surface area contributed by atoms with Crippen molar-refractivity contribution in [3.8, 4) is 0 Å². The SMILES string of the molecule is C[SiH]1CCC[SiH](Cl)C1. The summed E-state index contributed by atoms with van der Waals surface area (Å²) in [5, 5.41) is 0. The van der Waals surface area contributed by atoms with Gasteiger partial charge in [-0.05, 0) is 6.04 Å². The van der Waals surface area contributed by atoms with Gasteiger partial charge >= 0.3 is 0 Å². The molecule has 0 aromatic rings. The smallest absolute Gasteiger partial charge is 0.138 e. The fourth-order valence-corrected chi connectivity index (χ4v) is 12.0. The molecule has 0 aliphatic carbocycles. The first-order valence-corrected chi connectivity index (χ1v) is 9.59. The Labute approximate surface area is 59.2 Å². The van der Waals surface area contributed by atoms with E-state index in [1.165, 1.54) is 18.1 Å². The number of hydrogen-bond donors (Lipinski definition) is 0. The molecule has 1 saturated heterocycles. The van der Waals surface area contributed by atoms with Gasteiger partial charge in [-0.25, -0.2) is 0 Å². The lowest BCUT2D eigenvalue weighted by Crippen LogP contribution is -2.21. The molecule has 48 valence electrons. The lowest BCUT2D eigenvalue weighted by atomic mass is 10.6. The maximum absolute atomic E-state index is 6.09. The predicted molar refractivity (Wildman–Crippen MR) is 45.1 cm³/mol. The summed E-state index contributed by atoms with van der Waals surface area (Å²) in [6.45, 7) is 2.46. The Morgan fingerprint density at radius 2 is 2.12 bits per heavy atom. The van der Waals surface area contributed by atoms with Crippen LogP contribution in [0.4, 0.5) is 0 Å². The summed E-state index contributed by atoms with van der Waals surface area (Å²) in [5.74, 6) is 0. The molecule has 8 heavy (non-hydrogen) atoms. The molecule has 0 radical (unpaired) electrons. The molecule has 0 bridgehead atoms. The highest BCUT2D eigenvalue weighted by atomic mass is 35.6.